The first-order chi connectivity index (χ1) is 11.3. The van der Waals surface area contributed by atoms with Gasteiger partial charge in [-0.3, -0.25) is 0 Å². The Morgan fingerprint density at radius 2 is 2.26 bits per heavy atom. The Kier molecular flexibility index (Phi) is 3.47. The zero-order chi connectivity index (χ0) is 15.6. The standard InChI is InChI=1S/C16H14N6S/c1-2-10-5-6-13-12(8-10)14-15(18-13)19-16(22-20-14)21-17-9-11-4-3-7-23-11/h3-9H,2H2,1H3,(H2,18,19,21,22)/b17-9-. The van der Waals surface area contributed by atoms with Crippen molar-refractivity contribution in [3.63, 3.8) is 0 Å². The molecule has 7 heteroatoms. The van der Waals surface area contributed by atoms with Crippen molar-refractivity contribution in [1.82, 2.24) is 20.2 Å². The lowest BCUT2D eigenvalue weighted by molar-refractivity contribution is 1.01. The molecule has 4 rings (SSSR count). The molecule has 0 aliphatic heterocycles. The van der Waals surface area contributed by atoms with Gasteiger partial charge in [-0.15, -0.1) is 21.5 Å². The predicted octanol–water partition coefficient (Wildman–Crippen LogP) is 3.58. The van der Waals surface area contributed by atoms with Crippen molar-refractivity contribution in [1.29, 1.82) is 0 Å². The van der Waals surface area contributed by atoms with Crippen LogP contribution in [0.1, 0.15) is 17.4 Å². The smallest absolute Gasteiger partial charge is 0.265 e. The molecule has 0 radical (unpaired) electrons. The number of nitrogens with zero attached hydrogens (tertiary/aromatic N) is 4. The first-order valence-electron chi connectivity index (χ1n) is 7.31. The Labute approximate surface area is 136 Å². The van der Waals surface area contributed by atoms with Gasteiger partial charge in [-0.1, -0.05) is 19.1 Å². The molecule has 0 saturated heterocycles. The molecule has 0 aliphatic rings. The molecule has 6 nitrogen and oxygen atoms in total. The molecule has 0 atom stereocenters. The fourth-order valence-corrected chi connectivity index (χ4v) is 2.99. The summed E-state index contributed by atoms with van der Waals surface area (Å²) in [6, 6.07) is 10.3. The number of H-pyrrole nitrogens is 1. The molecule has 23 heavy (non-hydrogen) atoms. The van der Waals surface area contributed by atoms with E-state index in [-0.39, 0.29) is 0 Å². The molecule has 3 heterocycles. The topological polar surface area (TPSA) is 78.9 Å². The van der Waals surface area contributed by atoms with Crippen molar-refractivity contribution >= 4 is 45.6 Å². The molecular formula is C16H14N6S. The molecule has 0 fully saturated rings. The van der Waals surface area contributed by atoms with Gasteiger partial charge in [-0.2, -0.15) is 10.1 Å². The molecule has 0 aliphatic carbocycles. The van der Waals surface area contributed by atoms with Gasteiger partial charge in [0.25, 0.3) is 5.95 Å². The number of benzene rings is 1. The van der Waals surface area contributed by atoms with Gasteiger partial charge in [0.15, 0.2) is 5.65 Å². The Morgan fingerprint density at radius 1 is 1.30 bits per heavy atom. The van der Waals surface area contributed by atoms with Gasteiger partial charge in [0.05, 0.1) is 6.21 Å². The summed E-state index contributed by atoms with van der Waals surface area (Å²) in [5, 5.41) is 15.6. The first-order valence-corrected chi connectivity index (χ1v) is 8.19. The van der Waals surface area contributed by atoms with E-state index in [4.69, 9.17) is 0 Å². The second kappa shape index (κ2) is 5.77. The van der Waals surface area contributed by atoms with E-state index in [1.54, 1.807) is 17.6 Å². The van der Waals surface area contributed by atoms with E-state index in [2.05, 4.69) is 55.8 Å². The third-order valence-electron chi connectivity index (χ3n) is 3.59. The molecule has 3 aromatic heterocycles. The fraction of sp³-hybridized carbons (Fsp3) is 0.125. The Bertz CT molecular complexity index is 987. The summed E-state index contributed by atoms with van der Waals surface area (Å²) in [5.41, 5.74) is 6.58. The molecule has 0 amide bonds. The summed E-state index contributed by atoms with van der Waals surface area (Å²) < 4.78 is 0. The van der Waals surface area contributed by atoms with Gasteiger partial charge >= 0.3 is 0 Å². The second-order valence-corrected chi connectivity index (χ2v) is 6.06. The lowest BCUT2D eigenvalue weighted by atomic mass is 10.1. The van der Waals surface area contributed by atoms with Gasteiger partial charge in [0.2, 0.25) is 0 Å². The van der Waals surface area contributed by atoms with Gasteiger partial charge in [0.1, 0.15) is 5.52 Å². The van der Waals surface area contributed by atoms with Gasteiger partial charge in [-0.05, 0) is 35.6 Å². The van der Waals surface area contributed by atoms with Crippen LogP contribution in [0.5, 0.6) is 0 Å². The Hall–Kier alpha value is -2.80. The average molecular weight is 322 g/mol. The van der Waals surface area contributed by atoms with Gasteiger partial charge in [0, 0.05) is 15.8 Å². The zero-order valence-electron chi connectivity index (χ0n) is 12.4. The van der Waals surface area contributed by atoms with Crippen LogP contribution in [0.4, 0.5) is 5.95 Å². The van der Waals surface area contributed by atoms with Crippen LogP contribution in [0.2, 0.25) is 0 Å². The monoisotopic (exact) mass is 322 g/mol. The highest BCUT2D eigenvalue weighted by Gasteiger charge is 2.09. The summed E-state index contributed by atoms with van der Waals surface area (Å²) in [7, 11) is 0. The largest absolute Gasteiger partial charge is 0.338 e. The van der Waals surface area contributed by atoms with Crippen molar-refractivity contribution in [2.45, 2.75) is 13.3 Å². The fourth-order valence-electron chi connectivity index (χ4n) is 2.40. The highest BCUT2D eigenvalue weighted by molar-refractivity contribution is 7.11. The van der Waals surface area contributed by atoms with Crippen LogP contribution < -0.4 is 5.43 Å². The number of aromatic amines is 1. The minimum atomic E-state index is 0.368. The van der Waals surface area contributed by atoms with Crippen LogP contribution in [0, 0.1) is 0 Å². The van der Waals surface area contributed by atoms with E-state index >= 15 is 0 Å². The highest BCUT2D eigenvalue weighted by Crippen LogP contribution is 2.23. The number of aromatic nitrogens is 4. The minimum absolute atomic E-state index is 0.368. The number of hydrogen-bond donors (Lipinski definition) is 2. The van der Waals surface area contributed by atoms with E-state index < -0.39 is 0 Å². The number of anilines is 1. The number of thiophene rings is 1. The van der Waals surface area contributed by atoms with Crippen molar-refractivity contribution in [2.75, 3.05) is 5.43 Å². The molecular weight excluding hydrogens is 308 g/mol. The van der Waals surface area contributed by atoms with E-state index in [0.717, 1.165) is 27.7 Å². The van der Waals surface area contributed by atoms with Crippen molar-refractivity contribution < 1.29 is 0 Å². The first kappa shape index (κ1) is 13.8. The van der Waals surface area contributed by atoms with Crippen LogP contribution in [0.3, 0.4) is 0 Å². The Morgan fingerprint density at radius 3 is 3.09 bits per heavy atom. The Balaban J connectivity index is 1.66. The normalized spacial score (nSPS) is 11.7. The molecule has 2 N–H and O–H groups in total. The van der Waals surface area contributed by atoms with E-state index in [1.165, 1.54) is 5.56 Å². The van der Waals surface area contributed by atoms with Crippen LogP contribution in [0.25, 0.3) is 22.1 Å². The van der Waals surface area contributed by atoms with Crippen LogP contribution in [-0.4, -0.2) is 26.4 Å². The lowest BCUT2D eigenvalue weighted by Crippen LogP contribution is -1.98. The minimum Gasteiger partial charge on any atom is -0.338 e. The quantitative estimate of drug-likeness (QED) is 0.445. The van der Waals surface area contributed by atoms with Crippen LogP contribution in [0.15, 0.2) is 40.8 Å². The number of rotatable bonds is 4. The SMILES string of the molecule is CCc1ccc2[nH]c3nc(N/N=C\c4cccs4)nnc3c2c1. The van der Waals surface area contributed by atoms with E-state index in [9.17, 15) is 0 Å². The van der Waals surface area contributed by atoms with Crippen molar-refractivity contribution in [3.05, 3.63) is 46.2 Å². The van der Waals surface area contributed by atoms with Crippen LogP contribution in [-0.2, 0) is 6.42 Å². The second-order valence-electron chi connectivity index (χ2n) is 5.08. The number of aryl methyl sites for hydroxylation is 1. The summed E-state index contributed by atoms with van der Waals surface area (Å²) >= 11 is 1.62. The maximum Gasteiger partial charge on any atom is 0.265 e. The van der Waals surface area contributed by atoms with Gasteiger partial charge in [-0.25, -0.2) is 5.43 Å². The molecule has 4 aromatic rings. The number of hydrazone groups is 1. The summed E-state index contributed by atoms with van der Waals surface area (Å²) in [5.74, 6) is 0.368. The lowest BCUT2D eigenvalue weighted by Gasteiger charge is -1.97. The average Bonchev–Trinajstić information content (AvgIpc) is 3.21. The van der Waals surface area contributed by atoms with Crippen LogP contribution >= 0.6 is 11.3 Å². The summed E-state index contributed by atoms with van der Waals surface area (Å²) in [4.78, 5) is 8.77. The van der Waals surface area contributed by atoms with Gasteiger partial charge < -0.3 is 4.98 Å². The van der Waals surface area contributed by atoms with Crippen molar-refractivity contribution in [3.8, 4) is 0 Å². The van der Waals surface area contributed by atoms with E-state index in [0.29, 0.717) is 11.6 Å². The molecule has 0 bridgehead atoms. The van der Waals surface area contributed by atoms with Crippen molar-refractivity contribution in [2.24, 2.45) is 5.10 Å². The molecule has 1 aromatic carbocycles. The number of fused-ring (bicyclic) bond motifs is 3. The summed E-state index contributed by atoms with van der Waals surface area (Å²) in [6.07, 6.45) is 2.72. The third kappa shape index (κ3) is 2.66. The highest BCUT2D eigenvalue weighted by atomic mass is 32.1. The molecule has 0 saturated carbocycles. The van der Waals surface area contributed by atoms with E-state index in [1.807, 2.05) is 17.5 Å². The molecule has 114 valence electrons. The predicted molar refractivity (Wildman–Crippen MR) is 94.1 cm³/mol. The maximum absolute atomic E-state index is 4.44. The summed E-state index contributed by atoms with van der Waals surface area (Å²) in [6.45, 7) is 2.13. The third-order valence-corrected chi connectivity index (χ3v) is 4.39. The zero-order valence-corrected chi connectivity index (χ0v) is 13.3. The number of nitrogens with one attached hydrogen (secondary N) is 2. The molecule has 0 spiro atoms. The molecule has 0 unspecified atom stereocenters. The number of hydrogen-bond acceptors (Lipinski definition) is 6. The maximum atomic E-state index is 4.44.